The van der Waals surface area contributed by atoms with Gasteiger partial charge in [0.15, 0.2) is 0 Å². The lowest BCUT2D eigenvalue weighted by atomic mass is 10.1. The van der Waals surface area contributed by atoms with Crippen molar-refractivity contribution in [2.75, 3.05) is 0 Å². The van der Waals surface area contributed by atoms with Crippen molar-refractivity contribution in [3.8, 4) is 0 Å². The predicted octanol–water partition coefficient (Wildman–Crippen LogP) is 2.60. The van der Waals surface area contributed by atoms with Gasteiger partial charge in [-0.1, -0.05) is 21.5 Å². The highest BCUT2D eigenvalue weighted by molar-refractivity contribution is 7.40. The van der Waals surface area contributed by atoms with Crippen molar-refractivity contribution in [2.24, 2.45) is 0 Å². The lowest BCUT2D eigenvalue weighted by Gasteiger charge is -2.05. The van der Waals surface area contributed by atoms with Crippen LogP contribution in [0.15, 0.2) is 6.33 Å². The molecule has 1 unspecified atom stereocenters. The molecule has 1 aliphatic heterocycles. The summed E-state index contributed by atoms with van der Waals surface area (Å²) in [5.74, 6) is 2.25. The Morgan fingerprint density at radius 2 is 2.31 bits per heavy atom. The Morgan fingerprint density at radius 1 is 1.46 bits per heavy atom. The zero-order chi connectivity index (χ0) is 9.26. The molecule has 2 rings (SSSR count). The van der Waals surface area contributed by atoms with Crippen molar-refractivity contribution >= 4 is 14.0 Å². The first-order valence-corrected chi connectivity index (χ1v) is 5.73. The van der Waals surface area contributed by atoms with Gasteiger partial charge in [-0.15, -0.1) is 0 Å². The number of aryl methyl sites for hydroxylation is 1. The molecule has 1 aliphatic rings. The number of hydrogen-bond donors (Lipinski definition) is 0. The zero-order valence-corrected chi connectivity index (χ0v) is 8.88. The third-order valence-electron chi connectivity index (χ3n) is 2.31. The van der Waals surface area contributed by atoms with Crippen LogP contribution in [0.3, 0.4) is 0 Å². The topological polar surface area (TPSA) is 25.8 Å². The second-order valence-electron chi connectivity index (χ2n) is 3.32. The lowest BCUT2D eigenvalue weighted by molar-refractivity contribution is 0.852. The smallest absolute Gasteiger partial charge is 0.116 e. The average molecular weight is 192 g/mol. The zero-order valence-electron chi connectivity index (χ0n) is 7.99. The first kappa shape index (κ1) is 8.83. The van der Waals surface area contributed by atoms with E-state index in [0.717, 1.165) is 12.8 Å². The van der Waals surface area contributed by atoms with Gasteiger partial charge in [0.05, 0.1) is 11.4 Å². The second kappa shape index (κ2) is 3.55. The van der Waals surface area contributed by atoms with E-state index in [2.05, 4.69) is 29.6 Å². The van der Waals surface area contributed by atoms with Crippen LogP contribution in [0, 0.1) is 0 Å². The van der Waals surface area contributed by atoms with E-state index >= 15 is 0 Å². The molecule has 13 heavy (non-hydrogen) atoms. The molecule has 0 saturated heterocycles. The van der Waals surface area contributed by atoms with Crippen molar-refractivity contribution in [2.45, 2.75) is 32.3 Å². The molecule has 2 nitrogen and oxygen atoms in total. The molecule has 0 N–H and O–H groups in total. The maximum atomic E-state index is 4.33. The standard InChI is InChI=1S/C10H13N2P/c1-3-4-9-8-5-13-7(2)10(8)12-6-11-9/h5-7H,3-4H2,1-2H3. The first-order valence-electron chi connectivity index (χ1n) is 4.70. The van der Waals surface area contributed by atoms with Crippen LogP contribution in [-0.4, -0.2) is 15.8 Å². The molecule has 0 radical (unpaired) electrons. The summed E-state index contributed by atoms with van der Waals surface area (Å²) in [6.45, 7) is 4.40. The Balaban J connectivity index is 2.44. The summed E-state index contributed by atoms with van der Waals surface area (Å²) in [7, 11) is 1.37. The Bertz CT molecular complexity index is 347. The van der Waals surface area contributed by atoms with Gasteiger partial charge < -0.3 is 0 Å². The second-order valence-corrected chi connectivity index (χ2v) is 4.65. The Morgan fingerprint density at radius 3 is 3.08 bits per heavy atom. The van der Waals surface area contributed by atoms with E-state index in [1.807, 2.05) is 0 Å². The number of fused-ring (bicyclic) bond motifs is 1. The largest absolute Gasteiger partial charge is 0.241 e. The van der Waals surface area contributed by atoms with Gasteiger partial charge in [0, 0.05) is 11.2 Å². The summed E-state index contributed by atoms with van der Waals surface area (Å²) in [4.78, 5) is 8.66. The van der Waals surface area contributed by atoms with E-state index in [0.29, 0.717) is 5.66 Å². The monoisotopic (exact) mass is 192 g/mol. The van der Waals surface area contributed by atoms with Gasteiger partial charge in [-0.2, -0.15) is 0 Å². The highest BCUT2D eigenvalue weighted by Crippen LogP contribution is 2.34. The van der Waals surface area contributed by atoms with Gasteiger partial charge in [-0.05, 0) is 19.1 Å². The van der Waals surface area contributed by atoms with E-state index in [-0.39, 0.29) is 0 Å². The van der Waals surface area contributed by atoms with Crippen molar-refractivity contribution in [3.05, 3.63) is 23.3 Å². The molecular weight excluding hydrogens is 179 g/mol. The van der Waals surface area contributed by atoms with Crippen molar-refractivity contribution in [1.29, 1.82) is 0 Å². The first-order chi connectivity index (χ1) is 6.33. The molecule has 0 amide bonds. The van der Waals surface area contributed by atoms with Crippen LogP contribution in [0.4, 0.5) is 0 Å². The van der Waals surface area contributed by atoms with E-state index < -0.39 is 0 Å². The third kappa shape index (κ3) is 1.51. The van der Waals surface area contributed by atoms with Gasteiger partial charge in [0.1, 0.15) is 6.33 Å². The maximum Gasteiger partial charge on any atom is 0.116 e. The Kier molecular flexibility index (Phi) is 2.41. The van der Waals surface area contributed by atoms with Crippen molar-refractivity contribution < 1.29 is 0 Å². The van der Waals surface area contributed by atoms with Gasteiger partial charge in [0.2, 0.25) is 0 Å². The maximum absolute atomic E-state index is 4.33. The summed E-state index contributed by atoms with van der Waals surface area (Å²) in [6.07, 6.45) is 3.93. The van der Waals surface area contributed by atoms with Gasteiger partial charge >= 0.3 is 0 Å². The predicted molar refractivity (Wildman–Crippen MR) is 56.5 cm³/mol. The molecule has 0 bridgehead atoms. The molecule has 2 heterocycles. The quantitative estimate of drug-likeness (QED) is 0.673. The molecule has 1 aromatic rings. The van der Waals surface area contributed by atoms with Crippen molar-refractivity contribution in [1.82, 2.24) is 9.97 Å². The van der Waals surface area contributed by atoms with Gasteiger partial charge in [-0.3, -0.25) is 0 Å². The minimum atomic E-state index is 0.564. The minimum absolute atomic E-state index is 0.564. The van der Waals surface area contributed by atoms with Gasteiger partial charge in [0.25, 0.3) is 0 Å². The molecule has 1 aromatic heterocycles. The van der Waals surface area contributed by atoms with Crippen LogP contribution in [0.25, 0.3) is 0 Å². The van der Waals surface area contributed by atoms with Crippen LogP contribution in [0.1, 0.15) is 42.9 Å². The highest BCUT2D eigenvalue weighted by Gasteiger charge is 2.17. The fourth-order valence-electron chi connectivity index (χ4n) is 1.61. The fraction of sp³-hybridized carbons (Fsp3) is 0.500. The van der Waals surface area contributed by atoms with Crippen LogP contribution in [0.5, 0.6) is 0 Å². The highest BCUT2D eigenvalue weighted by atomic mass is 31.1. The van der Waals surface area contributed by atoms with Crippen LogP contribution >= 0.6 is 8.20 Å². The Hall–Kier alpha value is -0.750. The molecule has 0 saturated carbocycles. The number of nitrogens with zero attached hydrogens (tertiary/aromatic N) is 2. The molecule has 0 aromatic carbocycles. The SMILES string of the molecule is CCCc1ncnc2c1C=PC2C. The molecule has 1 atom stereocenters. The van der Waals surface area contributed by atoms with Crippen LogP contribution in [-0.2, 0) is 6.42 Å². The van der Waals surface area contributed by atoms with Crippen LogP contribution < -0.4 is 0 Å². The fourth-order valence-corrected chi connectivity index (χ4v) is 2.62. The number of hydrogen-bond acceptors (Lipinski definition) is 2. The van der Waals surface area contributed by atoms with E-state index in [4.69, 9.17) is 0 Å². The summed E-state index contributed by atoms with van der Waals surface area (Å²) >= 11 is 0. The van der Waals surface area contributed by atoms with E-state index in [1.54, 1.807) is 6.33 Å². The lowest BCUT2D eigenvalue weighted by Crippen LogP contribution is -2.01. The third-order valence-corrected chi connectivity index (χ3v) is 3.41. The normalized spacial score (nSPS) is 20.3. The molecular formula is C10H13N2P. The molecule has 0 fully saturated rings. The van der Waals surface area contributed by atoms with Gasteiger partial charge in [-0.25, -0.2) is 9.97 Å². The summed E-state index contributed by atoms with van der Waals surface area (Å²) in [5.41, 5.74) is 4.33. The molecule has 3 heteroatoms. The molecule has 0 aliphatic carbocycles. The summed E-state index contributed by atoms with van der Waals surface area (Å²) in [6, 6.07) is 0. The minimum Gasteiger partial charge on any atom is -0.241 e. The molecule has 68 valence electrons. The summed E-state index contributed by atoms with van der Waals surface area (Å²) in [5, 5.41) is 0. The average Bonchev–Trinajstić information content (AvgIpc) is 2.50. The number of rotatable bonds is 2. The summed E-state index contributed by atoms with van der Waals surface area (Å²) < 4.78 is 0. The van der Waals surface area contributed by atoms with E-state index in [9.17, 15) is 0 Å². The van der Waals surface area contributed by atoms with E-state index in [1.165, 1.54) is 25.2 Å². The Labute approximate surface area is 80.2 Å². The van der Waals surface area contributed by atoms with Crippen molar-refractivity contribution in [3.63, 3.8) is 0 Å². The molecule has 0 spiro atoms. The number of aromatic nitrogens is 2. The van der Waals surface area contributed by atoms with Crippen LogP contribution in [0.2, 0.25) is 0 Å².